The summed E-state index contributed by atoms with van der Waals surface area (Å²) in [6.45, 7) is 12.5. The van der Waals surface area contributed by atoms with Crippen LogP contribution < -0.4 is 9.80 Å². The van der Waals surface area contributed by atoms with E-state index in [1.54, 1.807) is 6.92 Å². The van der Waals surface area contributed by atoms with Gasteiger partial charge in [-0.1, -0.05) is 12.1 Å². The van der Waals surface area contributed by atoms with Gasteiger partial charge in [-0.2, -0.15) is 0 Å². The van der Waals surface area contributed by atoms with Crippen molar-refractivity contribution in [2.75, 3.05) is 62.8 Å². The van der Waals surface area contributed by atoms with Crippen molar-refractivity contribution in [3.63, 3.8) is 0 Å². The molecule has 2 fully saturated rings. The molecule has 1 atom stereocenters. The number of nitrogens with one attached hydrogen (secondary N) is 1. The zero-order chi connectivity index (χ0) is 27.8. The summed E-state index contributed by atoms with van der Waals surface area (Å²) in [6, 6.07) is 14.8. The van der Waals surface area contributed by atoms with Gasteiger partial charge in [0.1, 0.15) is 0 Å². The summed E-state index contributed by atoms with van der Waals surface area (Å²) in [6.07, 6.45) is 2.99. The molecule has 4 aromatic rings. The Morgan fingerprint density at radius 3 is 2.40 bits per heavy atom. The van der Waals surface area contributed by atoms with Crippen molar-refractivity contribution >= 4 is 28.3 Å². The molecule has 2 aliphatic rings. The third kappa shape index (κ3) is 5.21. The van der Waals surface area contributed by atoms with E-state index in [2.05, 4.69) is 76.2 Å². The number of nitrogens with zero attached hydrogens (tertiary/aromatic N) is 5. The summed E-state index contributed by atoms with van der Waals surface area (Å²) in [7, 11) is 2.19. The second kappa shape index (κ2) is 11.0. The molecule has 0 radical (unpaired) electrons. The van der Waals surface area contributed by atoms with Gasteiger partial charge in [-0.05, 0) is 74.3 Å². The van der Waals surface area contributed by atoms with E-state index in [1.807, 2.05) is 23.2 Å². The number of likely N-dealkylation sites (N-methyl/N-ethyl adjacent to an activating group) is 1. The molecular formula is C32H38N6O2. The van der Waals surface area contributed by atoms with Gasteiger partial charge in [-0.15, -0.1) is 10.2 Å². The fraction of sp³-hybridized carbons (Fsp3) is 0.406. The quantitative estimate of drug-likeness (QED) is 0.370. The highest BCUT2D eigenvalue weighted by Gasteiger charge is 2.22. The number of anilines is 2. The van der Waals surface area contributed by atoms with Gasteiger partial charge in [-0.25, -0.2) is 0 Å². The highest BCUT2D eigenvalue weighted by atomic mass is 16.5. The number of carbonyl (C=O) groups is 1. The summed E-state index contributed by atoms with van der Waals surface area (Å²) in [5.74, 6) is 0.438. The molecule has 0 bridgehead atoms. The van der Waals surface area contributed by atoms with Crippen LogP contribution in [0.3, 0.4) is 0 Å². The molecule has 0 saturated carbocycles. The van der Waals surface area contributed by atoms with Crippen molar-refractivity contribution in [3.8, 4) is 22.4 Å². The lowest BCUT2D eigenvalue weighted by molar-refractivity contribution is -0.116. The predicted molar refractivity (Wildman–Crippen MR) is 161 cm³/mol. The average Bonchev–Trinajstić information content (AvgIpc) is 3.62. The van der Waals surface area contributed by atoms with E-state index in [4.69, 9.17) is 4.74 Å². The van der Waals surface area contributed by atoms with Crippen LogP contribution in [-0.2, 0) is 9.53 Å². The molecule has 2 aliphatic heterocycles. The first-order valence-electron chi connectivity index (χ1n) is 14.2. The first-order valence-corrected chi connectivity index (χ1v) is 14.2. The number of ether oxygens (including phenoxy) is 1. The first-order chi connectivity index (χ1) is 19.4. The Hall–Kier alpha value is -3.75. The number of carbonyl (C=O) groups excluding carboxylic acids is 1. The van der Waals surface area contributed by atoms with Gasteiger partial charge in [0, 0.05) is 86.3 Å². The lowest BCUT2D eigenvalue weighted by Crippen LogP contribution is -2.45. The number of fused-ring (bicyclic) bond motifs is 1. The Morgan fingerprint density at radius 1 is 1.02 bits per heavy atom. The van der Waals surface area contributed by atoms with Gasteiger partial charge in [0.2, 0.25) is 5.91 Å². The van der Waals surface area contributed by atoms with Crippen LogP contribution in [0, 0.1) is 19.8 Å². The fourth-order valence-electron chi connectivity index (χ4n) is 6.16. The van der Waals surface area contributed by atoms with E-state index in [0.717, 1.165) is 84.9 Å². The molecule has 6 rings (SSSR count). The number of rotatable bonds is 6. The summed E-state index contributed by atoms with van der Waals surface area (Å²) in [5.41, 5.74) is 9.63. The lowest BCUT2D eigenvalue weighted by Gasteiger charge is -2.36. The minimum absolute atomic E-state index is 0.0517. The number of aromatic amines is 1. The summed E-state index contributed by atoms with van der Waals surface area (Å²) in [4.78, 5) is 22.5. The zero-order valence-electron chi connectivity index (χ0n) is 23.9. The number of hydrogen-bond donors (Lipinski definition) is 1. The molecule has 1 unspecified atom stereocenters. The molecule has 2 saturated heterocycles. The number of benzene rings is 2. The maximum absolute atomic E-state index is 12.4. The fourth-order valence-corrected chi connectivity index (χ4v) is 6.16. The maximum Gasteiger partial charge on any atom is 0.223 e. The van der Waals surface area contributed by atoms with E-state index in [1.165, 1.54) is 16.8 Å². The van der Waals surface area contributed by atoms with Gasteiger partial charge < -0.3 is 24.4 Å². The Kier molecular flexibility index (Phi) is 7.29. The number of amides is 1. The molecular weight excluding hydrogens is 500 g/mol. The lowest BCUT2D eigenvalue weighted by atomic mass is 9.99. The minimum atomic E-state index is 0.0517. The third-order valence-corrected chi connectivity index (χ3v) is 8.38. The van der Waals surface area contributed by atoms with Crippen LogP contribution in [0.4, 0.5) is 11.4 Å². The topological polar surface area (TPSA) is 77.6 Å². The first kappa shape index (κ1) is 26.5. The predicted octanol–water partition coefficient (Wildman–Crippen LogP) is 5.05. The van der Waals surface area contributed by atoms with Crippen molar-refractivity contribution < 1.29 is 9.53 Å². The SMILES string of the molecule is CC(=O)N(CC1CCOC1)c1ccc(-c2c[nH]c3nnc(-c4cc(C)c(N5CCN(C)CC5)c(C)c4)cc23)cc1. The van der Waals surface area contributed by atoms with Gasteiger partial charge in [0.05, 0.1) is 12.3 Å². The van der Waals surface area contributed by atoms with Crippen LogP contribution in [0.5, 0.6) is 0 Å². The van der Waals surface area contributed by atoms with Gasteiger partial charge in [0.25, 0.3) is 0 Å². The largest absolute Gasteiger partial charge is 0.381 e. The molecule has 1 amide bonds. The van der Waals surface area contributed by atoms with Crippen molar-refractivity contribution in [2.45, 2.75) is 27.2 Å². The standard InChI is InChI=1S/C32H38N6O2/c1-21-15-26(16-22(2)31(21)37-12-10-36(4)11-13-37)30-17-28-29(18-33-32(28)35-34-30)25-5-7-27(8-6-25)38(23(3)39)19-24-9-14-40-20-24/h5-8,15-18,24H,9-14,19-20H2,1-4H3,(H,33,35). The summed E-state index contributed by atoms with van der Waals surface area (Å²) < 4.78 is 5.52. The molecule has 40 heavy (non-hydrogen) atoms. The molecule has 2 aromatic carbocycles. The van der Waals surface area contributed by atoms with Crippen molar-refractivity contribution in [3.05, 3.63) is 59.8 Å². The Labute approximate surface area is 235 Å². The molecule has 8 nitrogen and oxygen atoms in total. The van der Waals surface area contributed by atoms with Crippen LogP contribution in [-0.4, -0.2) is 79.0 Å². The Morgan fingerprint density at radius 2 is 1.75 bits per heavy atom. The van der Waals surface area contributed by atoms with Crippen molar-refractivity contribution in [1.82, 2.24) is 20.1 Å². The normalized spacial score (nSPS) is 18.0. The van der Waals surface area contributed by atoms with Crippen molar-refractivity contribution in [1.29, 1.82) is 0 Å². The monoisotopic (exact) mass is 538 g/mol. The molecule has 1 N–H and O–H groups in total. The van der Waals surface area contributed by atoms with Crippen molar-refractivity contribution in [2.24, 2.45) is 5.92 Å². The van der Waals surface area contributed by atoms with Crippen LogP contribution >= 0.6 is 0 Å². The van der Waals surface area contributed by atoms with E-state index in [-0.39, 0.29) is 5.91 Å². The van der Waals surface area contributed by atoms with E-state index in [0.29, 0.717) is 12.5 Å². The van der Waals surface area contributed by atoms with E-state index >= 15 is 0 Å². The molecule has 208 valence electrons. The molecule has 4 heterocycles. The van der Waals surface area contributed by atoms with Crippen LogP contribution in [0.2, 0.25) is 0 Å². The van der Waals surface area contributed by atoms with Gasteiger partial charge in [-0.3, -0.25) is 4.79 Å². The van der Waals surface area contributed by atoms with Gasteiger partial charge in [0.15, 0.2) is 5.65 Å². The summed E-state index contributed by atoms with van der Waals surface area (Å²) >= 11 is 0. The van der Waals surface area contributed by atoms with Crippen LogP contribution in [0.1, 0.15) is 24.5 Å². The average molecular weight is 539 g/mol. The second-order valence-electron chi connectivity index (χ2n) is 11.3. The molecule has 8 heteroatoms. The molecule has 0 aliphatic carbocycles. The maximum atomic E-state index is 12.4. The minimum Gasteiger partial charge on any atom is -0.381 e. The smallest absolute Gasteiger partial charge is 0.223 e. The molecule has 2 aromatic heterocycles. The Balaban J connectivity index is 1.28. The Bertz CT molecular complexity index is 1490. The third-order valence-electron chi connectivity index (χ3n) is 8.38. The summed E-state index contributed by atoms with van der Waals surface area (Å²) in [5, 5.41) is 10.1. The van der Waals surface area contributed by atoms with Crippen LogP contribution in [0.15, 0.2) is 48.7 Å². The highest BCUT2D eigenvalue weighted by molar-refractivity contribution is 5.96. The number of hydrogen-bond acceptors (Lipinski definition) is 6. The van der Waals surface area contributed by atoms with Gasteiger partial charge >= 0.3 is 0 Å². The van der Waals surface area contributed by atoms with E-state index in [9.17, 15) is 4.79 Å². The number of aromatic nitrogens is 3. The number of aryl methyl sites for hydroxylation is 2. The second-order valence-corrected chi connectivity index (χ2v) is 11.3. The van der Waals surface area contributed by atoms with Crippen LogP contribution in [0.25, 0.3) is 33.4 Å². The number of H-pyrrole nitrogens is 1. The highest BCUT2D eigenvalue weighted by Crippen LogP contribution is 2.34. The molecule has 0 spiro atoms. The van der Waals surface area contributed by atoms with E-state index < -0.39 is 0 Å². The number of piperazine rings is 1. The zero-order valence-corrected chi connectivity index (χ0v) is 23.9.